The monoisotopic (exact) mass is 269 g/mol. The highest BCUT2D eigenvalue weighted by atomic mass is 15.1. The molecule has 2 aliphatic rings. The Morgan fingerprint density at radius 2 is 2.10 bits per heavy atom. The zero-order valence-electron chi connectivity index (χ0n) is 12.0. The summed E-state index contributed by atoms with van der Waals surface area (Å²) in [6.45, 7) is 2.40. The van der Waals surface area contributed by atoms with E-state index in [-0.39, 0.29) is 0 Å². The van der Waals surface area contributed by atoms with Gasteiger partial charge in [-0.2, -0.15) is 0 Å². The highest BCUT2D eigenvalue weighted by Gasteiger charge is 2.28. The molecule has 1 aliphatic carbocycles. The molecule has 1 N–H and O–H groups in total. The Hall–Kier alpha value is -1.35. The Labute approximate surface area is 120 Å². The lowest BCUT2D eigenvalue weighted by Crippen LogP contribution is -2.30. The van der Waals surface area contributed by atoms with Crippen molar-refractivity contribution < 1.29 is 0 Å². The van der Waals surface area contributed by atoms with Crippen LogP contribution >= 0.6 is 0 Å². The van der Waals surface area contributed by atoms with Gasteiger partial charge in [0.1, 0.15) is 5.82 Å². The van der Waals surface area contributed by atoms with Crippen LogP contribution in [0.5, 0.6) is 0 Å². The zero-order chi connectivity index (χ0) is 13.4. The van der Waals surface area contributed by atoms with E-state index in [1.165, 1.54) is 62.1 Å². The molecule has 1 saturated heterocycles. The van der Waals surface area contributed by atoms with Crippen LogP contribution in [-0.4, -0.2) is 22.6 Å². The van der Waals surface area contributed by atoms with Gasteiger partial charge in [-0.3, -0.25) is 0 Å². The maximum Gasteiger partial charge on any atom is 0.110 e. The second-order valence-electron chi connectivity index (χ2n) is 6.37. The highest BCUT2D eigenvalue weighted by molar-refractivity contribution is 5.76. The maximum absolute atomic E-state index is 4.90. The predicted octanol–water partition coefficient (Wildman–Crippen LogP) is 3.30. The van der Waals surface area contributed by atoms with E-state index >= 15 is 0 Å². The normalized spacial score (nSPS) is 23.3. The summed E-state index contributed by atoms with van der Waals surface area (Å²) < 4.78 is 2.52. The average molecular weight is 269 g/mol. The number of imidazole rings is 1. The summed E-state index contributed by atoms with van der Waals surface area (Å²) in [4.78, 5) is 4.90. The summed E-state index contributed by atoms with van der Waals surface area (Å²) in [6.07, 6.45) is 7.80. The van der Waals surface area contributed by atoms with Crippen molar-refractivity contribution in [1.29, 1.82) is 0 Å². The smallest absolute Gasteiger partial charge is 0.110 e. The Morgan fingerprint density at radius 1 is 1.20 bits per heavy atom. The lowest BCUT2D eigenvalue weighted by Gasteiger charge is -2.22. The van der Waals surface area contributed by atoms with Crippen molar-refractivity contribution in [3.63, 3.8) is 0 Å². The van der Waals surface area contributed by atoms with Gasteiger partial charge in [0.05, 0.1) is 11.0 Å². The van der Waals surface area contributed by atoms with Crippen LogP contribution in [0.4, 0.5) is 0 Å². The van der Waals surface area contributed by atoms with Crippen molar-refractivity contribution >= 4 is 11.0 Å². The van der Waals surface area contributed by atoms with E-state index in [1.54, 1.807) is 0 Å². The van der Waals surface area contributed by atoms with Crippen LogP contribution in [0.15, 0.2) is 24.3 Å². The van der Waals surface area contributed by atoms with Crippen molar-refractivity contribution in [2.75, 3.05) is 13.1 Å². The van der Waals surface area contributed by atoms with Gasteiger partial charge < -0.3 is 9.88 Å². The van der Waals surface area contributed by atoms with Gasteiger partial charge in [-0.25, -0.2) is 4.98 Å². The van der Waals surface area contributed by atoms with E-state index in [4.69, 9.17) is 4.98 Å². The minimum absolute atomic E-state index is 0.724. The third-order valence-corrected chi connectivity index (χ3v) is 4.76. The fourth-order valence-corrected chi connectivity index (χ4v) is 3.51. The minimum atomic E-state index is 0.724. The van der Waals surface area contributed by atoms with Crippen LogP contribution in [0, 0.1) is 5.92 Å². The summed E-state index contributed by atoms with van der Waals surface area (Å²) in [5, 5.41) is 3.52. The highest BCUT2D eigenvalue weighted by Crippen LogP contribution is 2.39. The van der Waals surface area contributed by atoms with Crippen molar-refractivity contribution in [2.24, 2.45) is 5.92 Å². The molecule has 2 fully saturated rings. The summed E-state index contributed by atoms with van der Waals surface area (Å²) in [5.41, 5.74) is 2.52. The van der Waals surface area contributed by atoms with Crippen LogP contribution in [0.2, 0.25) is 0 Å². The van der Waals surface area contributed by atoms with E-state index in [9.17, 15) is 0 Å². The minimum Gasteiger partial charge on any atom is -0.325 e. The van der Waals surface area contributed by atoms with E-state index < -0.39 is 0 Å². The van der Waals surface area contributed by atoms with E-state index in [0.717, 1.165) is 18.4 Å². The number of rotatable bonds is 4. The number of para-hydroxylation sites is 2. The second kappa shape index (κ2) is 5.21. The number of nitrogens with zero attached hydrogens (tertiary/aromatic N) is 2. The molecule has 4 rings (SSSR count). The molecule has 1 atom stereocenters. The Bertz CT molecular complexity index is 591. The number of aromatic nitrogens is 2. The first-order chi connectivity index (χ1) is 9.92. The lowest BCUT2D eigenvalue weighted by atomic mass is 9.94. The van der Waals surface area contributed by atoms with Gasteiger partial charge in [0, 0.05) is 12.5 Å². The molecule has 1 aromatic heterocycles. The molecule has 0 radical (unpaired) electrons. The molecule has 3 heteroatoms. The average Bonchev–Trinajstić information content (AvgIpc) is 3.27. The number of nitrogens with one attached hydrogen (secondary N) is 1. The topological polar surface area (TPSA) is 29.9 Å². The molecule has 1 aliphatic heterocycles. The largest absolute Gasteiger partial charge is 0.325 e. The van der Waals surface area contributed by atoms with E-state index in [0.29, 0.717) is 0 Å². The second-order valence-corrected chi connectivity index (χ2v) is 6.37. The van der Waals surface area contributed by atoms with Crippen molar-refractivity contribution in [1.82, 2.24) is 14.9 Å². The first kappa shape index (κ1) is 12.4. The SMILES string of the molecule is c1ccc2c(c1)nc(CCC1CCCNC1)n2C1CC1. The molecule has 20 heavy (non-hydrogen) atoms. The summed E-state index contributed by atoms with van der Waals surface area (Å²) >= 11 is 0. The molecular formula is C17H23N3. The Kier molecular flexibility index (Phi) is 3.23. The molecule has 1 unspecified atom stereocenters. The standard InChI is InChI=1S/C17H23N3/c1-2-6-16-15(5-1)19-17(20(16)14-8-9-14)10-7-13-4-3-11-18-12-13/h1-2,5-6,13-14,18H,3-4,7-12H2. The first-order valence-electron chi connectivity index (χ1n) is 8.08. The molecule has 3 nitrogen and oxygen atoms in total. The molecule has 106 valence electrons. The zero-order valence-corrected chi connectivity index (χ0v) is 12.0. The molecule has 1 aromatic carbocycles. The van der Waals surface area contributed by atoms with E-state index in [1.807, 2.05) is 0 Å². The van der Waals surface area contributed by atoms with Crippen LogP contribution in [0.1, 0.15) is 44.0 Å². The van der Waals surface area contributed by atoms with E-state index in [2.05, 4.69) is 34.1 Å². The van der Waals surface area contributed by atoms with Gasteiger partial charge in [-0.1, -0.05) is 12.1 Å². The number of hydrogen-bond donors (Lipinski definition) is 1. The summed E-state index contributed by atoms with van der Waals surface area (Å²) in [7, 11) is 0. The Balaban J connectivity index is 1.57. The molecule has 2 heterocycles. The summed E-state index contributed by atoms with van der Waals surface area (Å²) in [5.74, 6) is 2.16. The van der Waals surface area contributed by atoms with Gasteiger partial charge in [0.15, 0.2) is 0 Å². The van der Waals surface area contributed by atoms with Gasteiger partial charge in [0.2, 0.25) is 0 Å². The van der Waals surface area contributed by atoms with Gasteiger partial charge in [-0.15, -0.1) is 0 Å². The fraction of sp³-hybridized carbons (Fsp3) is 0.588. The van der Waals surface area contributed by atoms with Crippen LogP contribution in [0.3, 0.4) is 0 Å². The maximum atomic E-state index is 4.90. The van der Waals surface area contributed by atoms with Crippen LogP contribution in [0.25, 0.3) is 11.0 Å². The Morgan fingerprint density at radius 3 is 2.90 bits per heavy atom. The van der Waals surface area contributed by atoms with Crippen molar-refractivity contribution in [3.05, 3.63) is 30.1 Å². The molecule has 0 spiro atoms. The molecule has 0 amide bonds. The van der Waals surface area contributed by atoms with Crippen LogP contribution in [-0.2, 0) is 6.42 Å². The van der Waals surface area contributed by atoms with Crippen molar-refractivity contribution in [2.45, 2.75) is 44.6 Å². The van der Waals surface area contributed by atoms with Crippen LogP contribution < -0.4 is 5.32 Å². The first-order valence-corrected chi connectivity index (χ1v) is 8.08. The molecule has 0 bridgehead atoms. The number of fused-ring (bicyclic) bond motifs is 1. The molecular weight excluding hydrogens is 246 g/mol. The van der Waals surface area contributed by atoms with Gasteiger partial charge in [0.25, 0.3) is 0 Å². The molecule has 2 aromatic rings. The quantitative estimate of drug-likeness (QED) is 0.923. The lowest BCUT2D eigenvalue weighted by molar-refractivity contribution is 0.354. The van der Waals surface area contributed by atoms with Gasteiger partial charge >= 0.3 is 0 Å². The van der Waals surface area contributed by atoms with Crippen molar-refractivity contribution in [3.8, 4) is 0 Å². The van der Waals surface area contributed by atoms with Gasteiger partial charge in [-0.05, 0) is 63.2 Å². The number of benzene rings is 1. The summed E-state index contributed by atoms with van der Waals surface area (Å²) in [6, 6.07) is 9.34. The third kappa shape index (κ3) is 2.35. The predicted molar refractivity (Wildman–Crippen MR) is 81.9 cm³/mol. The number of aryl methyl sites for hydroxylation is 1. The fourth-order valence-electron chi connectivity index (χ4n) is 3.51. The molecule has 1 saturated carbocycles. The number of hydrogen-bond acceptors (Lipinski definition) is 2. The number of piperidine rings is 1. The third-order valence-electron chi connectivity index (χ3n) is 4.76.